The zero-order valence-corrected chi connectivity index (χ0v) is 17.0. The highest BCUT2D eigenvalue weighted by Gasteiger charge is 2.57. The highest BCUT2D eigenvalue weighted by molar-refractivity contribution is 6.10. The SMILES string of the molecule is Cc1oc2ncnc(NC3(C)CC3)c2c1C(=O)N1C[C@@H]2C(c3ccc(F)cc3)[C@@H]2C1. The third kappa shape index (κ3) is 2.71. The van der Waals surface area contributed by atoms with Crippen LogP contribution in [0.4, 0.5) is 10.2 Å². The number of furan rings is 1. The molecule has 3 aromatic rings. The van der Waals surface area contributed by atoms with E-state index in [-0.39, 0.29) is 17.3 Å². The number of likely N-dealkylation sites (tertiary alicyclic amines) is 1. The van der Waals surface area contributed by atoms with Gasteiger partial charge in [0.25, 0.3) is 5.91 Å². The molecule has 3 fully saturated rings. The first-order chi connectivity index (χ1) is 14.4. The molecule has 2 aliphatic carbocycles. The molecule has 2 saturated carbocycles. The van der Waals surface area contributed by atoms with Gasteiger partial charge in [-0.1, -0.05) is 12.1 Å². The summed E-state index contributed by atoms with van der Waals surface area (Å²) in [5.41, 5.74) is 2.22. The van der Waals surface area contributed by atoms with E-state index in [1.54, 1.807) is 0 Å². The number of hydrogen-bond acceptors (Lipinski definition) is 5. The lowest BCUT2D eigenvalue weighted by molar-refractivity contribution is 0.0772. The minimum absolute atomic E-state index is 0.0184. The summed E-state index contributed by atoms with van der Waals surface area (Å²) in [5.74, 6) is 2.33. The minimum Gasteiger partial charge on any atom is -0.442 e. The molecule has 6 nitrogen and oxygen atoms in total. The maximum Gasteiger partial charge on any atom is 0.258 e. The molecule has 0 bridgehead atoms. The summed E-state index contributed by atoms with van der Waals surface area (Å²) in [6, 6.07) is 6.77. The maximum atomic E-state index is 13.5. The molecule has 7 heteroatoms. The molecular weight excluding hydrogens is 383 g/mol. The standard InChI is InChI=1S/C23H23FN4O2/c1-12-17(19-20(27-23(2)7-8-23)25-11-26-21(19)30-12)22(29)28-9-15-16(10-28)18(15)13-3-5-14(24)6-4-13/h3-6,11,15-16,18H,7-10H2,1-2H3,(H,25,26,27)/t15-,16+,18?. The largest absolute Gasteiger partial charge is 0.442 e. The third-order valence-corrected chi connectivity index (χ3v) is 7.03. The van der Waals surface area contributed by atoms with Crippen LogP contribution in [-0.4, -0.2) is 39.4 Å². The van der Waals surface area contributed by atoms with Crippen LogP contribution in [0.15, 0.2) is 35.0 Å². The monoisotopic (exact) mass is 406 g/mol. The van der Waals surface area contributed by atoms with E-state index in [0.29, 0.717) is 59.1 Å². The topological polar surface area (TPSA) is 71.3 Å². The van der Waals surface area contributed by atoms with Gasteiger partial charge in [-0.2, -0.15) is 0 Å². The van der Waals surface area contributed by atoms with Gasteiger partial charge in [0.2, 0.25) is 5.71 Å². The lowest BCUT2D eigenvalue weighted by Crippen LogP contribution is -2.31. The van der Waals surface area contributed by atoms with Crippen LogP contribution in [0.5, 0.6) is 0 Å². The Bertz CT molecular complexity index is 1160. The Hall–Kier alpha value is -2.96. The average molecular weight is 406 g/mol. The minimum atomic E-state index is -0.213. The molecule has 30 heavy (non-hydrogen) atoms. The van der Waals surface area contributed by atoms with Crippen molar-refractivity contribution in [3.63, 3.8) is 0 Å². The first kappa shape index (κ1) is 17.9. The van der Waals surface area contributed by atoms with Crippen LogP contribution < -0.4 is 5.32 Å². The second kappa shape index (κ2) is 6.03. The summed E-state index contributed by atoms with van der Waals surface area (Å²) >= 11 is 0. The van der Waals surface area contributed by atoms with Crippen molar-refractivity contribution in [3.05, 3.63) is 53.3 Å². The quantitative estimate of drug-likeness (QED) is 0.706. The van der Waals surface area contributed by atoms with Gasteiger partial charge < -0.3 is 14.6 Å². The number of fused-ring (bicyclic) bond motifs is 2. The first-order valence-electron chi connectivity index (χ1n) is 10.5. The number of nitrogens with zero attached hydrogens (tertiary/aromatic N) is 3. The normalized spacial score (nSPS) is 26.0. The molecule has 1 amide bonds. The Labute approximate surface area is 173 Å². The molecule has 2 aromatic heterocycles. The van der Waals surface area contributed by atoms with Crippen molar-refractivity contribution in [3.8, 4) is 0 Å². The highest BCUT2D eigenvalue weighted by atomic mass is 19.1. The summed E-state index contributed by atoms with van der Waals surface area (Å²) in [6.07, 6.45) is 3.64. The highest BCUT2D eigenvalue weighted by Crippen LogP contribution is 2.58. The molecule has 1 unspecified atom stereocenters. The van der Waals surface area contributed by atoms with E-state index in [2.05, 4.69) is 22.2 Å². The molecule has 1 saturated heterocycles. The van der Waals surface area contributed by atoms with Gasteiger partial charge in [0.15, 0.2) is 0 Å². The van der Waals surface area contributed by atoms with E-state index in [1.165, 1.54) is 24.0 Å². The Morgan fingerprint density at radius 3 is 2.57 bits per heavy atom. The number of benzene rings is 1. The van der Waals surface area contributed by atoms with Crippen LogP contribution in [0.25, 0.3) is 11.1 Å². The molecular formula is C23H23FN4O2. The zero-order valence-electron chi connectivity index (χ0n) is 17.0. The van der Waals surface area contributed by atoms with Crippen molar-refractivity contribution < 1.29 is 13.6 Å². The van der Waals surface area contributed by atoms with Gasteiger partial charge in [0.05, 0.1) is 10.9 Å². The van der Waals surface area contributed by atoms with Gasteiger partial charge in [-0.05, 0) is 62.1 Å². The molecule has 1 N–H and O–H groups in total. The zero-order chi connectivity index (χ0) is 20.6. The van der Waals surface area contributed by atoms with Crippen LogP contribution in [0.2, 0.25) is 0 Å². The number of anilines is 1. The van der Waals surface area contributed by atoms with Crippen molar-refractivity contribution in [1.29, 1.82) is 0 Å². The second-order valence-corrected chi connectivity index (χ2v) is 9.24. The average Bonchev–Trinajstić information content (AvgIpc) is 3.50. The van der Waals surface area contributed by atoms with Crippen molar-refractivity contribution in [2.24, 2.45) is 11.8 Å². The summed E-state index contributed by atoms with van der Waals surface area (Å²) in [5, 5.41) is 4.16. The third-order valence-electron chi connectivity index (χ3n) is 7.03. The van der Waals surface area contributed by atoms with Gasteiger partial charge >= 0.3 is 0 Å². The molecule has 0 spiro atoms. The number of aryl methyl sites for hydroxylation is 1. The van der Waals surface area contributed by atoms with Gasteiger partial charge in [0.1, 0.15) is 23.7 Å². The molecule has 3 heterocycles. The fraction of sp³-hybridized carbons (Fsp3) is 0.435. The maximum absolute atomic E-state index is 13.5. The Kier molecular flexibility index (Phi) is 3.59. The number of piperidine rings is 1. The summed E-state index contributed by atoms with van der Waals surface area (Å²) in [4.78, 5) is 24.0. The van der Waals surface area contributed by atoms with Gasteiger partial charge in [-0.25, -0.2) is 14.4 Å². The molecule has 1 aromatic carbocycles. The number of aromatic nitrogens is 2. The summed E-state index contributed by atoms with van der Waals surface area (Å²) < 4.78 is 19.0. The van der Waals surface area contributed by atoms with Gasteiger partial charge in [0, 0.05) is 18.6 Å². The van der Waals surface area contributed by atoms with Gasteiger partial charge in [-0.15, -0.1) is 0 Å². The van der Waals surface area contributed by atoms with Gasteiger partial charge in [-0.3, -0.25) is 4.79 Å². The van der Waals surface area contributed by atoms with E-state index in [4.69, 9.17) is 4.42 Å². The molecule has 0 radical (unpaired) electrons. The predicted molar refractivity (Wildman–Crippen MR) is 110 cm³/mol. The lowest BCUT2D eigenvalue weighted by Gasteiger charge is -2.20. The van der Waals surface area contributed by atoms with E-state index < -0.39 is 0 Å². The lowest BCUT2D eigenvalue weighted by atomic mass is 10.1. The number of carbonyl (C=O) groups is 1. The molecule has 3 atom stereocenters. The van der Waals surface area contributed by atoms with Crippen molar-refractivity contribution in [2.45, 2.75) is 38.1 Å². The summed E-state index contributed by atoms with van der Waals surface area (Å²) in [6.45, 7) is 5.40. The fourth-order valence-corrected chi connectivity index (χ4v) is 5.02. The van der Waals surface area contributed by atoms with Crippen molar-refractivity contribution >= 4 is 22.8 Å². The van der Waals surface area contributed by atoms with E-state index in [9.17, 15) is 9.18 Å². The second-order valence-electron chi connectivity index (χ2n) is 9.24. The number of amides is 1. The number of carbonyl (C=O) groups excluding carboxylic acids is 1. The van der Waals surface area contributed by atoms with Crippen LogP contribution in [0.1, 0.15) is 47.4 Å². The smallest absolute Gasteiger partial charge is 0.258 e. The predicted octanol–water partition coefficient (Wildman–Crippen LogP) is 4.12. The van der Waals surface area contributed by atoms with Crippen molar-refractivity contribution in [2.75, 3.05) is 18.4 Å². The Balaban J connectivity index is 1.26. The van der Waals surface area contributed by atoms with Crippen LogP contribution in [-0.2, 0) is 0 Å². The van der Waals surface area contributed by atoms with Crippen molar-refractivity contribution in [1.82, 2.24) is 14.9 Å². The molecule has 3 aliphatic rings. The van der Waals surface area contributed by atoms with E-state index >= 15 is 0 Å². The number of halogens is 1. The fourth-order valence-electron chi connectivity index (χ4n) is 5.02. The molecule has 6 rings (SSSR count). The number of rotatable bonds is 4. The summed E-state index contributed by atoms with van der Waals surface area (Å²) in [7, 11) is 0. The molecule has 154 valence electrons. The Morgan fingerprint density at radius 2 is 1.90 bits per heavy atom. The van der Waals surface area contributed by atoms with Crippen LogP contribution in [0, 0.1) is 24.6 Å². The molecule has 1 aliphatic heterocycles. The Morgan fingerprint density at radius 1 is 1.20 bits per heavy atom. The van der Waals surface area contributed by atoms with E-state index in [0.717, 1.165) is 12.8 Å². The van der Waals surface area contributed by atoms with E-state index in [1.807, 2.05) is 24.0 Å². The first-order valence-corrected chi connectivity index (χ1v) is 10.5. The van der Waals surface area contributed by atoms with Crippen LogP contribution >= 0.6 is 0 Å². The van der Waals surface area contributed by atoms with Crippen LogP contribution in [0.3, 0.4) is 0 Å². The number of nitrogens with one attached hydrogen (secondary N) is 1. The number of hydrogen-bond donors (Lipinski definition) is 1.